The van der Waals surface area contributed by atoms with Gasteiger partial charge in [0, 0.05) is 49.2 Å². The molecular weight excluding hydrogens is 500 g/mol. The van der Waals surface area contributed by atoms with Crippen molar-refractivity contribution in [2.75, 3.05) is 25.1 Å². The van der Waals surface area contributed by atoms with E-state index in [-0.39, 0.29) is 5.91 Å². The number of allylic oxidation sites excluding steroid dienone is 1. The summed E-state index contributed by atoms with van der Waals surface area (Å²) < 4.78 is 7.73. The normalized spacial score (nSPS) is 18.0. The van der Waals surface area contributed by atoms with E-state index in [4.69, 9.17) is 20.6 Å². The molecule has 2 aromatic carbocycles. The van der Waals surface area contributed by atoms with Gasteiger partial charge >= 0.3 is 0 Å². The molecule has 2 aliphatic heterocycles. The zero-order chi connectivity index (χ0) is 28.1. The number of anilines is 1. The van der Waals surface area contributed by atoms with Crippen LogP contribution in [0.15, 0.2) is 73.2 Å². The zero-order valence-corrected chi connectivity index (χ0v) is 23.4. The summed E-state index contributed by atoms with van der Waals surface area (Å²) in [6.45, 7) is 8.18. The highest BCUT2D eigenvalue weighted by Gasteiger charge is 2.34. The van der Waals surface area contributed by atoms with Gasteiger partial charge in [-0.15, -0.1) is 0 Å². The molecule has 0 aliphatic carbocycles. The van der Waals surface area contributed by atoms with E-state index in [0.717, 1.165) is 73.8 Å². The predicted molar refractivity (Wildman–Crippen MR) is 160 cm³/mol. The SMILES string of the molecule is C=CN(/C=C(/C)N)c1ccc(/C=C/c2nc3n(n2)CCC[C@@H]3C2CCN(C(=O)c3ccccc3)CC2)cc1OC. The number of aryl methyl sites for hydroxylation is 1. The average molecular weight is 539 g/mol. The Morgan fingerprint density at radius 1 is 1.10 bits per heavy atom. The number of piperidine rings is 1. The molecular formula is C32H38N6O2. The van der Waals surface area contributed by atoms with Gasteiger partial charge in [0.1, 0.15) is 11.6 Å². The second-order valence-corrected chi connectivity index (χ2v) is 10.5. The number of likely N-dealkylation sites (tertiary alicyclic amines) is 1. The summed E-state index contributed by atoms with van der Waals surface area (Å²) in [6.07, 6.45) is 11.7. The lowest BCUT2D eigenvalue weighted by molar-refractivity contribution is 0.0669. The lowest BCUT2D eigenvalue weighted by Gasteiger charge is -2.37. The summed E-state index contributed by atoms with van der Waals surface area (Å²) in [4.78, 5) is 21.7. The molecule has 1 saturated heterocycles. The van der Waals surface area contributed by atoms with Crippen LogP contribution in [0.2, 0.25) is 0 Å². The molecule has 0 bridgehead atoms. The van der Waals surface area contributed by atoms with Crippen molar-refractivity contribution in [1.82, 2.24) is 19.7 Å². The maximum atomic E-state index is 12.9. The van der Waals surface area contributed by atoms with E-state index in [2.05, 4.69) is 11.3 Å². The molecule has 1 atom stereocenters. The van der Waals surface area contributed by atoms with Crippen LogP contribution in [-0.2, 0) is 6.54 Å². The van der Waals surface area contributed by atoms with Crippen molar-refractivity contribution < 1.29 is 9.53 Å². The third-order valence-electron chi connectivity index (χ3n) is 7.80. The van der Waals surface area contributed by atoms with Crippen LogP contribution in [0.5, 0.6) is 5.75 Å². The Labute approximate surface area is 236 Å². The Balaban J connectivity index is 1.27. The van der Waals surface area contributed by atoms with E-state index in [1.807, 2.05) is 77.4 Å². The monoisotopic (exact) mass is 538 g/mol. The van der Waals surface area contributed by atoms with Crippen molar-refractivity contribution in [2.24, 2.45) is 11.7 Å². The number of amides is 1. The Morgan fingerprint density at radius 3 is 2.58 bits per heavy atom. The molecule has 208 valence electrons. The van der Waals surface area contributed by atoms with Crippen molar-refractivity contribution in [3.8, 4) is 5.75 Å². The Kier molecular flexibility index (Phi) is 8.34. The fourth-order valence-electron chi connectivity index (χ4n) is 5.81. The van der Waals surface area contributed by atoms with Gasteiger partial charge in [0.05, 0.1) is 12.8 Å². The molecule has 3 heterocycles. The third kappa shape index (κ3) is 5.96. The lowest BCUT2D eigenvalue weighted by atomic mass is 9.80. The minimum absolute atomic E-state index is 0.131. The highest BCUT2D eigenvalue weighted by atomic mass is 16.5. The predicted octanol–water partition coefficient (Wildman–Crippen LogP) is 5.66. The molecule has 40 heavy (non-hydrogen) atoms. The lowest BCUT2D eigenvalue weighted by Crippen LogP contribution is -2.40. The molecule has 1 amide bonds. The van der Waals surface area contributed by atoms with Crippen LogP contribution in [0.1, 0.15) is 66.1 Å². The maximum absolute atomic E-state index is 12.9. The number of carbonyl (C=O) groups excluding carboxylic acids is 1. The summed E-state index contributed by atoms with van der Waals surface area (Å²) >= 11 is 0. The molecule has 8 nitrogen and oxygen atoms in total. The van der Waals surface area contributed by atoms with E-state index in [1.54, 1.807) is 19.5 Å². The molecule has 8 heteroatoms. The molecule has 0 spiro atoms. The third-order valence-corrected chi connectivity index (χ3v) is 7.80. The van der Waals surface area contributed by atoms with Gasteiger partial charge in [0.25, 0.3) is 5.91 Å². The molecule has 0 radical (unpaired) electrons. The van der Waals surface area contributed by atoms with Gasteiger partial charge in [0.2, 0.25) is 0 Å². The first-order chi connectivity index (χ1) is 19.5. The van der Waals surface area contributed by atoms with Crippen LogP contribution in [-0.4, -0.2) is 45.8 Å². The quantitative estimate of drug-likeness (QED) is 0.398. The number of nitrogens with zero attached hydrogens (tertiary/aromatic N) is 5. The van der Waals surface area contributed by atoms with Gasteiger partial charge in [-0.25, -0.2) is 9.67 Å². The fraction of sp³-hybridized carbons (Fsp3) is 0.344. The van der Waals surface area contributed by atoms with Gasteiger partial charge in [-0.05, 0) is 74.4 Å². The smallest absolute Gasteiger partial charge is 0.253 e. The number of fused-ring (bicyclic) bond motifs is 1. The maximum Gasteiger partial charge on any atom is 0.253 e. The highest BCUT2D eigenvalue weighted by molar-refractivity contribution is 5.94. The van der Waals surface area contributed by atoms with Crippen LogP contribution in [0.25, 0.3) is 12.2 Å². The van der Waals surface area contributed by atoms with Crippen molar-refractivity contribution in [3.63, 3.8) is 0 Å². The molecule has 1 aromatic heterocycles. The molecule has 0 saturated carbocycles. The van der Waals surface area contributed by atoms with E-state index < -0.39 is 0 Å². The van der Waals surface area contributed by atoms with Crippen molar-refractivity contribution in [1.29, 1.82) is 0 Å². The minimum atomic E-state index is 0.131. The number of hydrogen-bond donors (Lipinski definition) is 1. The Hall–Kier alpha value is -4.33. The van der Waals surface area contributed by atoms with Crippen LogP contribution in [0.3, 0.4) is 0 Å². The van der Waals surface area contributed by atoms with Gasteiger partial charge in [-0.2, -0.15) is 5.10 Å². The number of carbonyl (C=O) groups is 1. The molecule has 3 aromatic rings. The zero-order valence-electron chi connectivity index (χ0n) is 23.4. The number of ether oxygens (including phenoxy) is 1. The average Bonchev–Trinajstić information content (AvgIpc) is 3.42. The van der Waals surface area contributed by atoms with Crippen LogP contribution >= 0.6 is 0 Å². The van der Waals surface area contributed by atoms with Gasteiger partial charge in [0.15, 0.2) is 5.82 Å². The first-order valence-corrected chi connectivity index (χ1v) is 14.0. The Bertz CT molecular complexity index is 1400. The number of rotatable bonds is 8. The highest BCUT2D eigenvalue weighted by Crippen LogP contribution is 2.38. The van der Waals surface area contributed by atoms with Gasteiger partial charge in [-0.1, -0.05) is 36.9 Å². The number of methoxy groups -OCH3 is 1. The van der Waals surface area contributed by atoms with Crippen molar-refractivity contribution in [2.45, 2.75) is 45.1 Å². The summed E-state index contributed by atoms with van der Waals surface area (Å²) in [7, 11) is 1.65. The summed E-state index contributed by atoms with van der Waals surface area (Å²) in [5.74, 6) is 3.53. The van der Waals surface area contributed by atoms with E-state index >= 15 is 0 Å². The second-order valence-electron chi connectivity index (χ2n) is 10.5. The van der Waals surface area contributed by atoms with Crippen molar-refractivity contribution >= 4 is 23.7 Å². The van der Waals surface area contributed by atoms with E-state index in [9.17, 15) is 4.79 Å². The minimum Gasteiger partial charge on any atom is -0.495 e. The van der Waals surface area contributed by atoms with Crippen LogP contribution in [0, 0.1) is 5.92 Å². The Morgan fingerprint density at radius 2 is 1.88 bits per heavy atom. The molecule has 5 rings (SSSR count). The molecule has 0 unspecified atom stereocenters. The second kappa shape index (κ2) is 12.2. The number of aromatic nitrogens is 3. The first-order valence-electron chi connectivity index (χ1n) is 14.0. The summed E-state index contributed by atoms with van der Waals surface area (Å²) in [5.41, 5.74) is 9.14. The van der Waals surface area contributed by atoms with E-state index in [0.29, 0.717) is 23.3 Å². The van der Waals surface area contributed by atoms with Crippen LogP contribution in [0.4, 0.5) is 5.69 Å². The summed E-state index contributed by atoms with van der Waals surface area (Å²) in [6, 6.07) is 15.6. The largest absolute Gasteiger partial charge is 0.495 e. The summed E-state index contributed by atoms with van der Waals surface area (Å²) in [5, 5.41) is 4.81. The standard InChI is InChI=1S/C32H38N6O2/c1-4-36(22-23(2)33)28-14-12-24(21-29(28)40-3)13-15-30-34-31-27(11-8-18-38(31)35-30)25-16-19-37(20-17-25)32(39)26-9-6-5-7-10-26/h4-7,9-10,12-15,21-22,25,27H,1,8,11,16-20,33H2,2-3H3/b15-13+,23-22-/t27-/m1/s1. The molecule has 2 aliphatic rings. The fourth-order valence-corrected chi connectivity index (χ4v) is 5.81. The van der Waals surface area contributed by atoms with Gasteiger partial charge in [-0.3, -0.25) is 4.79 Å². The van der Waals surface area contributed by atoms with Crippen molar-refractivity contribution in [3.05, 3.63) is 96.0 Å². The molecule has 1 fully saturated rings. The number of hydrogen-bond acceptors (Lipinski definition) is 6. The van der Waals surface area contributed by atoms with E-state index in [1.165, 1.54) is 0 Å². The molecule has 2 N–H and O–H groups in total. The number of nitrogens with two attached hydrogens (primary N) is 1. The van der Waals surface area contributed by atoms with Crippen LogP contribution < -0.4 is 15.4 Å². The number of benzene rings is 2. The first kappa shape index (κ1) is 27.2. The van der Waals surface area contributed by atoms with Gasteiger partial charge < -0.3 is 20.3 Å². The topological polar surface area (TPSA) is 89.5 Å².